The van der Waals surface area contributed by atoms with Crippen molar-refractivity contribution in [3.05, 3.63) is 47.6 Å². The second-order valence-corrected chi connectivity index (χ2v) is 5.68. The number of hydrogen-bond donors (Lipinski definition) is 0. The minimum atomic E-state index is 0.639. The standard InChI is InChI=1S/C15H17N5/c1-2-12(1)15-18-7-13-9-20(4-3-14(13)19-15)8-11-5-16-10-17-6-11/h5-7,10,12H,1-4,8-9H2. The summed E-state index contributed by atoms with van der Waals surface area (Å²) in [6.45, 7) is 2.86. The largest absolute Gasteiger partial charge is 0.294 e. The van der Waals surface area contributed by atoms with Gasteiger partial charge in [-0.1, -0.05) is 0 Å². The first-order valence-electron chi connectivity index (χ1n) is 7.19. The SMILES string of the molecule is c1ncc(CN2CCc3nc(C4CC4)ncc3C2)cn1. The van der Waals surface area contributed by atoms with Gasteiger partial charge in [-0.2, -0.15) is 0 Å². The van der Waals surface area contributed by atoms with Crippen LogP contribution in [0.3, 0.4) is 0 Å². The molecule has 5 nitrogen and oxygen atoms in total. The summed E-state index contributed by atoms with van der Waals surface area (Å²) < 4.78 is 0. The zero-order valence-corrected chi connectivity index (χ0v) is 11.4. The van der Waals surface area contributed by atoms with Gasteiger partial charge in [0.1, 0.15) is 12.2 Å². The highest BCUT2D eigenvalue weighted by atomic mass is 15.1. The van der Waals surface area contributed by atoms with Crippen LogP contribution in [-0.2, 0) is 19.5 Å². The Bertz CT molecular complexity index is 609. The monoisotopic (exact) mass is 267 g/mol. The normalized spacial score (nSPS) is 18.8. The smallest absolute Gasteiger partial charge is 0.131 e. The summed E-state index contributed by atoms with van der Waals surface area (Å²) in [6.07, 6.45) is 10.9. The average molecular weight is 267 g/mol. The van der Waals surface area contributed by atoms with E-state index in [4.69, 9.17) is 4.98 Å². The summed E-state index contributed by atoms with van der Waals surface area (Å²) >= 11 is 0. The lowest BCUT2D eigenvalue weighted by Gasteiger charge is -2.27. The van der Waals surface area contributed by atoms with Crippen LogP contribution in [0.15, 0.2) is 24.9 Å². The summed E-state index contributed by atoms with van der Waals surface area (Å²) in [5, 5.41) is 0. The van der Waals surface area contributed by atoms with Gasteiger partial charge < -0.3 is 0 Å². The molecule has 102 valence electrons. The molecule has 1 saturated carbocycles. The lowest BCUT2D eigenvalue weighted by molar-refractivity contribution is 0.242. The van der Waals surface area contributed by atoms with Crippen molar-refractivity contribution >= 4 is 0 Å². The topological polar surface area (TPSA) is 54.8 Å². The molecule has 0 atom stereocenters. The van der Waals surface area contributed by atoms with Gasteiger partial charge >= 0.3 is 0 Å². The van der Waals surface area contributed by atoms with Crippen LogP contribution < -0.4 is 0 Å². The minimum absolute atomic E-state index is 0.639. The van der Waals surface area contributed by atoms with Gasteiger partial charge in [-0.25, -0.2) is 19.9 Å². The quantitative estimate of drug-likeness (QED) is 0.847. The number of nitrogens with zero attached hydrogens (tertiary/aromatic N) is 5. The summed E-state index contributed by atoms with van der Waals surface area (Å²) in [5.41, 5.74) is 3.69. The first-order chi connectivity index (χ1) is 9.88. The third-order valence-corrected chi connectivity index (χ3v) is 3.99. The highest BCUT2D eigenvalue weighted by molar-refractivity contribution is 5.23. The molecule has 1 aliphatic heterocycles. The Labute approximate surface area is 118 Å². The van der Waals surface area contributed by atoms with Gasteiger partial charge in [-0.15, -0.1) is 0 Å². The minimum Gasteiger partial charge on any atom is -0.294 e. The maximum absolute atomic E-state index is 4.75. The Hall–Kier alpha value is -1.88. The highest BCUT2D eigenvalue weighted by Crippen LogP contribution is 2.38. The molecule has 0 aromatic carbocycles. The van der Waals surface area contributed by atoms with Crippen molar-refractivity contribution in [2.75, 3.05) is 6.54 Å². The summed E-state index contributed by atoms with van der Waals surface area (Å²) in [7, 11) is 0. The van der Waals surface area contributed by atoms with E-state index in [2.05, 4.69) is 19.9 Å². The lowest BCUT2D eigenvalue weighted by Crippen LogP contribution is -2.31. The van der Waals surface area contributed by atoms with Gasteiger partial charge in [0, 0.05) is 67.4 Å². The van der Waals surface area contributed by atoms with Crippen LogP contribution in [0.1, 0.15) is 41.4 Å². The fourth-order valence-electron chi connectivity index (χ4n) is 2.73. The van der Waals surface area contributed by atoms with Crippen LogP contribution in [-0.4, -0.2) is 31.4 Å². The molecule has 0 amide bonds. The van der Waals surface area contributed by atoms with Gasteiger partial charge in [0.25, 0.3) is 0 Å². The second kappa shape index (κ2) is 4.90. The van der Waals surface area contributed by atoms with E-state index in [0.717, 1.165) is 37.4 Å². The Kier molecular flexibility index (Phi) is 2.92. The third-order valence-electron chi connectivity index (χ3n) is 3.99. The van der Waals surface area contributed by atoms with E-state index in [-0.39, 0.29) is 0 Å². The first kappa shape index (κ1) is 11.9. The molecule has 0 unspecified atom stereocenters. The third kappa shape index (κ3) is 2.41. The number of aromatic nitrogens is 4. The van der Waals surface area contributed by atoms with Gasteiger partial charge in [-0.3, -0.25) is 4.90 Å². The lowest BCUT2D eigenvalue weighted by atomic mass is 10.1. The number of hydrogen-bond acceptors (Lipinski definition) is 5. The van der Waals surface area contributed by atoms with Crippen molar-refractivity contribution < 1.29 is 0 Å². The van der Waals surface area contributed by atoms with E-state index in [0.29, 0.717) is 5.92 Å². The van der Waals surface area contributed by atoms with Crippen molar-refractivity contribution in [3.8, 4) is 0 Å². The Morgan fingerprint density at radius 2 is 2.00 bits per heavy atom. The Morgan fingerprint density at radius 1 is 1.15 bits per heavy atom. The molecule has 2 aliphatic rings. The van der Waals surface area contributed by atoms with Gasteiger partial charge in [0.15, 0.2) is 0 Å². The van der Waals surface area contributed by atoms with Crippen LogP contribution in [0.5, 0.6) is 0 Å². The summed E-state index contributed by atoms with van der Waals surface area (Å²) in [6, 6.07) is 0. The molecule has 2 aromatic rings. The van der Waals surface area contributed by atoms with Crippen LogP contribution >= 0.6 is 0 Å². The number of fused-ring (bicyclic) bond motifs is 1. The molecule has 0 bridgehead atoms. The van der Waals surface area contributed by atoms with E-state index in [9.17, 15) is 0 Å². The predicted octanol–water partition coefficient (Wildman–Crippen LogP) is 1.70. The van der Waals surface area contributed by atoms with E-state index in [1.165, 1.54) is 24.1 Å². The second-order valence-electron chi connectivity index (χ2n) is 5.68. The van der Waals surface area contributed by atoms with Crippen LogP contribution in [0, 0.1) is 0 Å². The van der Waals surface area contributed by atoms with E-state index < -0.39 is 0 Å². The molecule has 0 spiro atoms. The van der Waals surface area contributed by atoms with Crippen molar-refractivity contribution in [1.29, 1.82) is 0 Å². The molecule has 1 aliphatic carbocycles. The first-order valence-corrected chi connectivity index (χ1v) is 7.19. The molecular formula is C15H17N5. The van der Waals surface area contributed by atoms with Crippen LogP contribution in [0.25, 0.3) is 0 Å². The molecule has 0 radical (unpaired) electrons. The molecule has 0 N–H and O–H groups in total. The van der Waals surface area contributed by atoms with Gasteiger partial charge in [0.05, 0.1) is 0 Å². The predicted molar refractivity (Wildman–Crippen MR) is 73.9 cm³/mol. The van der Waals surface area contributed by atoms with E-state index >= 15 is 0 Å². The van der Waals surface area contributed by atoms with Crippen molar-refractivity contribution in [2.24, 2.45) is 0 Å². The van der Waals surface area contributed by atoms with Crippen LogP contribution in [0.2, 0.25) is 0 Å². The van der Waals surface area contributed by atoms with Crippen molar-refractivity contribution in [3.63, 3.8) is 0 Å². The van der Waals surface area contributed by atoms with Crippen LogP contribution in [0.4, 0.5) is 0 Å². The fraction of sp³-hybridized carbons (Fsp3) is 0.467. The van der Waals surface area contributed by atoms with Crippen molar-refractivity contribution in [1.82, 2.24) is 24.8 Å². The summed E-state index contributed by atoms with van der Waals surface area (Å²) in [5.74, 6) is 1.70. The van der Waals surface area contributed by atoms with E-state index in [1.807, 2.05) is 18.6 Å². The molecule has 20 heavy (non-hydrogen) atoms. The maximum Gasteiger partial charge on any atom is 0.131 e. The zero-order chi connectivity index (χ0) is 13.4. The fourth-order valence-corrected chi connectivity index (χ4v) is 2.73. The van der Waals surface area contributed by atoms with Crippen molar-refractivity contribution in [2.45, 2.75) is 38.3 Å². The summed E-state index contributed by atoms with van der Waals surface area (Å²) in [4.78, 5) is 19.8. The molecular weight excluding hydrogens is 250 g/mol. The molecule has 5 heteroatoms. The van der Waals surface area contributed by atoms with Gasteiger partial charge in [0.2, 0.25) is 0 Å². The Morgan fingerprint density at radius 3 is 2.80 bits per heavy atom. The van der Waals surface area contributed by atoms with E-state index in [1.54, 1.807) is 6.33 Å². The highest BCUT2D eigenvalue weighted by Gasteiger charge is 2.28. The zero-order valence-electron chi connectivity index (χ0n) is 11.4. The molecule has 2 aromatic heterocycles. The Balaban J connectivity index is 1.49. The molecule has 3 heterocycles. The molecule has 0 saturated heterocycles. The van der Waals surface area contributed by atoms with Gasteiger partial charge in [-0.05, 0) is 12.8 Å². The number of rotatable bonds is 3. The maximum atomic E-state index is 4.75. The molecule has 4 rings (SSSR count). The molecule has 1 fully saturated rings. The average Bonchev–Trinajstić information content (AvgIpc) is 3.32.